The first-order chi connectivity index (χ1) is 13.7. The van der Waals surface area contributed by atoms with Crippen molar-refractivity contribution in [3.05, 3.63) is 0 Å². The van der Waals surface area contributed by atoms with E-state index < -0.39 is 48.2 Å². The van der Waals surface area contributed by atoms with Gasteiger partial charge in [0.15, 0.2) is 0 Å². The molecule has 4 unspecified atom stereocenters. The Hall–Kier alpha value is -2.34. The van der Waals surface area contributed by atoms with E-state index in [2.05, 4.69) is 28.6 Å². The van der Waals surface area contributed by atoms with Crippen molar-refractivity contribution in [3.8, 4) is 0 Å². The number of nitrogens with one attached hydrogen (secondary N) is 3. The lowest BCUT2D eigenvalue weighted by molar-refractivity contribution is -0.143. The van der Waals surface area contributed by atoms with Crippen LogP contribution in [0.2, 0.25) is 0 Å². The summed E-state index contributed by atoms with van der Waals surface area (Å²) in [5.41, 5.74) is 5.17. The highest BCUT2D eigenvalue weighted by atomic mass is 32.1. The van der Waals surface area contributed by atoms with E-state index >= 15 is 0 Å². The molecule has 162 valence electrons. The van der Waals surface area contributed by atoms with Gasteiger partial charge in [0.1, 0.15) is 18.1 Å². The Morgan fingerprint density at radius 1 is 1.14 bits per heavy atom. The molecule has 0 aliphatic carbocycles. The first-order valence-corrected chi connectivity index (χ1v) is 10.1. The van der Waals surface area contributed by atoms with Crippen LogP contribution >= 0.6 is 12.6 Å². The van der Waals surface area contributed by atoms with E-state index in [1.54, 1.807) is 0 Å². The Labute approximate surface area is 173 Å². The second-order valence-electron chi connectivity index (χ2n) is 7.15. The van der Waals surface area contributed by atoms with Gasteiger partial charge in [-0.2, -0.15) is 12.6 Å². The van der Waals surface area contributed by atoms with E-state index in [-0.39, 0.29) is 17.7 Å². The summed E-state index contributed by atoms with van der Waals surface area (Å²) in [5.74, 6) is -3.89. The fourth-order valence-electron chi connectivity index (χ4n) is 3.53. The number of thiol groups is 1. The minimum atomic E-state index is -1.34. The van der Waals surface area contributed by atoms with Crippen molar-refractivity contribution in [1.82, 2.24) is 20.9 Å². The molecule has 11 nitrogen and oxygen atoms in total. The van der Waals surface area contributed by atoms with E-state index in [0.717, 1.165) is 13.0 Å². The first-order valence-electron chi connectivity index (χ1n) is 9.51. The lowest BCUT2D eigenvalue weighted by Gasteiger charge is -2.28. The molecule has 12 heteroatoms. The van der Waals surface area contributed by atoms with Crippen LogP contribution in [0.1, 0.15) is 32.1 Å². The van der Waals surface area contributed by atoms with Gasteiger partial charge in [0, 0.05) is 12.3 Å². The zero-order valence-corrected chi connectivity index (χ0v) is 16.8. The van der Waals surface area contributed by atoms with Gasteiger partial charge in [-0.05, 0) is 32.2 Å². The molecule has 0 saturated carbocycles. The van der Waals surface area contributed by atoms with Crippen molar-refractivity contribution >= 4 is 42.2 Å². The third kappa shape index (κ3) is 6.07. The summed E-state index contributed by atoms with van der Waals surface area (Å²) in [4.78, 5) is 61.8. The van der Waals surface area contributed by atoms with E-state index in [0.29, 0.717) is 25.8 Å². The van der Waals surface area contributed by atoms with Crippen LogP contribution in [-0.4, -0.2) is 82.6 Å². The van der Waals surface area contributed by atoms with Crippen molar-refractivity contribution in [2.75, 3.05) is 18.8 Å². The number of carbonyl (C=O) groups is 5. The number of hydrogen-bond acceptors (Lipinski definition) is 7. The summed E-state index contributed by atoms with van der Waals surface area (Å²) in [5, 5.41) is 16.8. The van der Waals surface area contributed by atoms with Crippen molar-refractivity contribution in [2.45, 2.75) is 56.3 Å². The van der Waals surface area contributed by atoms with Crippen LogP contribution in [0, 0.1) is 0 Å². The molecule has 2 aliphatic heterocycles. The number of primary amides is 1. The molecule has 0 radical (unpaired) electrons. The second-order valence-corrected chi connectivity index (χ2v) is 7.52. The maximum Gasteiger partial charge on any atom is 0.327 e. The van der Waals surface area contributed by atoms with Gasteiger partial charge in [0.05, 0.1) is 12.5 Å². The molecule has 4 atom stereocenters. The molecular weight excluding hydrogens is 402 g/mol. The fraction of sp³-hybridized carbons (Fsp3) is 0.706. The predicted octanol–water partition coefficient (Wildman–Crippen LogP) is -2.41. The largest absolute Gasteiger partial charge is 0.480 e. The normalized spacial score (nSPS) is 23.3. The fourth-order valence-corrected chi connectivity index (χ4v) is 3.78. The Balaban J connectivity index is 2.05. The van der Waals surface area contributed by atoms with Crippen molar-refractivity contribution < 1.29 is 29.1 Å². The molecule has 0 bridgehead atoms. The average molecular weight is 429 g/mol. The minimum Gasteiger partial charge on any atom is -0.480 e. The van der Waals surface area contributed by atoms with Crippen LogP contribution in [0.4, 0.5) is 0 Å². The molecular formula is C17H27N5O6S. The van der Waals surface area contributed by atoms with Gasteiger partial charge in [-0.1, -0.05) is 0 Å². The third-order valence-corrected chi connectivity index (χ3v) is 5.40. The Bertz CT molecular complexity index is 669. The lowest BCUT2D eigenvalue weighted by Crippen LogP contribution is -2.57. The number of hydrogen-bond donors (Lipinski definition) is 6. The summed E-state index contributed by atoms with van der Waals surface area (Å²) >= 11 is 3.86. The molecule has 0 aromatic carbocycles. The molecule has 2 saturated heterocycles. The molecule has 6 N–H and O–H groups in total. The second kappa shape index (κ2) is 10.4. The maximum atomic E-state index is 12.8. The van der Waals surface area contributed by atoms with Gasteiger partial charge < -0.3 is 31.7 Å². The molecule has 4 amide bonds. The van der Waals surface area contributed by atoms with Crippen LogP contribution in [0.15, 0.2) is 0 Å². The third-order valence-electron chi connectivity index (χ3n) is 5.03. The van der Waals surface area contributed by atoms with Gasteiger partial charge in [0.2, 0.25) is 23.6 Å². The average Bonchev–Trinajstić information content (AvgIpc) is 3.35. The molecule has 0 spiro atoms. The highest BCUT2D eigenvalue weighted by Gasteiger charge is 2.39. The number of carbonyl (C=O) groups excluding carboxylic acids is 4. The molecule has 2 aliphatic rings. The quantitative estimate of drug-likeness (QED) is 0.222. The molecule has 29 heavy (non-hydrogen) atoms. The maximum absolute atomic E-state index is 12.8. The van der Waals surface area contributed by atoms with Crippen LogP contribution < -0.4 is 21.7 Å². The van der Waals surface area contributed by atoms with E-state index in [1.165, 1.54) is 4.90 Å². The summed E-state index contributed by atoms with van der Waals surface area (Å²) in [6.45, 7) is 1.18. The molecule has 2 fully saturated rings. The SMILES string of the molecule is NC(=O)CC(NC(=O)C1CCCN1C(=O)C1CCCN1)C(=O)NC(CS)C(=O)O. The molecule has 0 aromatic rings. The molecule has 2 heterocycles. The van der Waals surface area contributed by atoms with Gasteiger partial charge in [0.25, 0.3) is 0 Å². The molecule has 0 aromatic heterocycles. The van der Waals surface area contributed by atoms with Crippen LogP contribution in [0.25, 0.3) is 0 Å². The van der Waals surface area contributed by atoms with Crippen molar-refractivity contribution in [2.24, 2.45) is 5.73 Å². The van der Waals surface area contributed by atoms with Crippen LogP contribution in [0.5, 0.6) is 0 Å². The van der Waals surface area contributed by atoms with Gasteiger partial charge in [-0.3, -0.25) is 19.2 Å². The minimum absolute atomic E-state index is 0.155. The lowest BCUT2D eigenvalue weighted by atomic mass is 10.1. The number of likely N-dealkylation sites (tertiary alicyclic amines) is 1. The molecule has 2 rings (SSSR count). The number of nitrogens with zero attached hydrogens (tertiary/aromatic N) is 1. The summed E-state index contributed by atoms with van der Waals surface area (Å²) in [6, 6.07) is -3.70. The summed E-state index contributed by atoms with van der Waals surface area (Å²) in [7, 11) is 0. The van der Waals surface area contributed by atoms with Crippen molar-refractivity contribution in [1.29, 1.82) is 0 Å². The first kappa shape index (κ1) is 22.9. The van der Waals surface area contributed by atoms with Gasteiger partial charge in [-0.25, -0.2) is 4.79 Å². The number of carboxylic acids is 1. The van der Waals surface area contributed by atoms with E-state index in [9.17, 15) is 24.0 Å². The van der Waals surface area contributed by atoms with Gasteiger partial charge >= 0.3 is 5.97 Å². The monoisotopic (exact) mass is 429 g/mol. The number of carboxylic acid groups (broad SMARTS) is 1. The number of amides is 4. The topological polar surface area (TPSA) is 171 Å². The van der Waals surface area contributed by atoms with E-state index in [1.807, 2.05) is 0 Å². The highest BCUT2D eigenvalue weighted by Crippen LogP contribution is 2.21. The number of aliphatic carboxylic acids is 1. The van der Waals surface area contributed by atoms with Crippen LogP contribution in [-0.2, 0) is 24.0 Å². The Kier molecular flexibility index (Phi) is 8.26. The van der Waals surface area contributed by atoms with Gasteiger partial charge in [-0.15, -0.1) is 0 Å². The van der Waals surface area contributed by atoms with Crippen molar-refractivity contribution in [3.63, 3.8) is 0 Å². The zero-order valence-electron chi connectivity index (χ0n) is 15.9. The predicted molar refractivity (Wildman–Crippen MR) is 105 cm³/mol. The standard InChI is InChI=1S/C17H27N5O6S/c18-13(23)7-10(14(24)21-11(8-29)17(27)28)20-15(25)12-4-2-6-22(12)16(26)9-3-1-5-19-9/h9-12,19,29H,1-8H2,(H2,18,23)(H,20,25)(H,21,24)(H,27,28). The smallest absolute Gasteiger partial charge is 0.327 e. The Morgan fingerprint density at radius 3 is 2.41 bits per heavy atom. The van der Waals surface area contributed by atoms with Crippen LogP contribution in [0.3, 0.4) is 0 Å². The zero-order chi connectivity index (χ0) is 21.6. The Morgan fingerprint density at radius 2 is 1.86 bits per heavy atom. The summed E-state index contributed by atoms with van der Waals surface area (Å²) < 4.78 is 0. The highest BCUT2D eigenvalue weighted by molar-refractivity contribution is 7.80. The summed E-state index contributed by atoms with van der Waals surface area (Å²) in [6.07, 6.45) is 2.17. The number of rotatable bonds is 9. The van der Waals surface area contributed by atoms with E-state index in [4.69, 9.17) is 10.8 Å². The number of nitrogens with two attached hydrogens (primary N) is 1.